The molecule has 2 aromatic rings. The van der Waals surface area contributed by atoms with E-state index in [1.165, 1.54) is 6.33 Å². The fourth-order valence-electron chi connectivity index (χ4n) is 1.70. The van der Waals surface area contributed by atoms with E-state index in [2.05, 4.69) is 20.5 Å². The van der Waals surface area contributed by atoms with Crippen molar-refractivity contribution in [3.63, 3.8) is 0 Å². The number of alkyl halides is 3. The van der Waals surface area contributed by atoms with Crippen LogP contribution in [0.1, 0.15) is 34.7 Å². The van der Waals surface area contributed by atoms with Crippen LogP contribution >= 0.6 is 0 Å². The predicted octanol–water partition coefficient (Wildman–Crippen LogP) is 1.90. The van der Waals surface area contributed by atoms with Crippen molar-refractivity contribution in [3.8, 4) is 0 Å². The Hall–Kier alpha value is -2.58. The molecule has 0 saturated carbocycles. The van der Waals surface area contributed by atoms with E-state index in [9.17, 15) is 18.0 Å². The zero-order valence-electron chi connectivity index (χ0n) is 10.9. The average Bonchev–Trinajstić information content (AvgIpc) is 2.91. The van der Waals surface area contributed by atoms with Gasteiger partial charge in [0.25, 0.3) is 5.91 Å². The Kier molecular flexibility index (Phi) is 3.83. The minimum atomic E-state index is -4.54. The Balaban J connectivity index is 2.23. The molecule has 9 heteroatoms. The van der Waals surface area contributed by atoms with Crippen LogP contribution in [0.15, 0.2) is 24.5 Å². The molecule has 1 heterocycles. The number of nitrogens with one attached hydrogen (secondary N) is 2. The number of anilines is 1. The summed E-state index contributed by atoms with van der Waals surface area (Å²) in [5.74, 6) is -0.337. The van der Waals surface area contributed by atoms with Crippen molar-refractivity contribution in [1.82, 2.24) is 20.5 Å². The molecule has 112 valence electrons. The second kappa shape index (κ2) is 5.43. The van der Waals surface area contributed by atoms with Gasteiger partial charge in [0, 0.05) is 5.69 Å². The third-order valence-corrected chi connectivity index (χ3v) is 2.82. The number of carbonyl (C=O) groups is 1. The lowest BCUT2D eigenvalue weighted by Crippen LogP contribution is -2.28. The van der Waals surface area contributed by atoms with Gasteiger partial charge in [-0.15, -0.1) is 0 Å². The highest BCUT2D eigenvalue weighted by molar-refractivity contribution is 5.99. The van der Waals surface area contributed by atoms with Crippen LogP contribution < -0.4 is 11.1 Å². The number of hydrogen-bond donors (Lipinski definition) is 3. The van der Waals surface area contributed by atoms with E-state index in [-0.39, 0.29) is 11.3 Å². The fourth-order valence-corrected chi connectivity index (χ4v) is 1.70. The largest absolute Gasteiger partial charge is 0.416 e. The molecule has 1 aromatic carbocycles. The number of aromatic nitrogens is 3. The first-order chi connectivity index (χ1) is 9.79. The van der Waals surface area contributed by atoms with Gasteiger partial charge in [-0.25, -0.2) is 4.98 Å². The predicted molar refractivity (Wildman–Crippen MR) is 68.1 cm³/mol. The van der Waals surface area contributed by atoms with Crippen LogP contribution in [-0.4, -0.2) is 21.1 Å². The monoisotopic (exact) mass is 299 g/mol. The SMILES string of the molecule is CC(NC(=O)c1cc(C(F)(F)F)ccc1N)c1ncn[nH]1. The van der Waals surface area contributed by atoms with Crippen LogP contribution in [0.5, 0.6) is 0 Å². The van der Waals surface area contributed by atoms with E-state index in [0.717, 1.165) is 18.2 Å². The molecule has 0 aliphatic rings. The highest BCUT2D eigenvalue weighted by Gasteiger charge is 2.31. The van der Waals surface area contributed by atoms with Crippen molar-refractivity contribution in [2.75, 3.05) is 5.73 Å². The van der Waals surface area contributed by atoms with Crippen molar-refractivity contribution in [2.24, 2.45) is 0 Å². The fraction of sp³-hybridized carbons (Fsp3) is 0.250. The highest BCUT2D eigenvalue weighted by Crippen LogP contribution is 2.31. The Morgan fingerprint density at radius 2 is 2.14 bits per heavy atom. The number of halogens is 3. The van der Waals surface area contributed by atoms with E-state index in [1.54, 1.807) is 6.92 Å². The van der Waals surface area contributed by atoms with Crippen LogP contribution in [0, 0.1) is 0 Å². The Labute approximate surface area is 117 Å². The molecule has 1 amide bonds. The van der Waals surface area contributed by atoms with E-state index < -0.39 is 23.7 Å². The number of carbonyl (C=O) groups excluding carboxylic acids is 1. The Morgan fingerprint density at radius 3 is 2.71 bits per heavy atom. The topological polar surface area (TPSA) is 96.7 Å². The highest BCUT2D eigenvalue weighted by atomic mass is 19.4. The number of nitrogens with zero attached hydrogens (tertiary/aromatic N) is 2. The van der Waals surface area contributed by atoms with Gasteiger partial charge in [-0.05, 0) is 25.1 Å². The molecule has 6 nitrogen and oxygen atoms in total. The maximum absolute atomic E-state index is 12.7. The number of benzene rings is 1. The molecule has 1 aromatic heterocycles. The van der Waals surface area contributed by atoms with Crippen LogP contribution in [0.2, 0.25) is 0 Å². The summed E-state index contributed by atoms with van der Waals surface area (Å²) >= 11 is 0. The molecule has 0 saturated heterocycles. The summed E-state index contributed by atoms with van der Waals surface area (Å²) in [6.45, 7) is 1.61. The third kappa shape index (κ3) is 3.30. The molecule has 4 N–H and O–H groups in total. The molecular weight excluding hydrogens is 287 g/mol. The third-order valence-electron chi connectivity index (χ3n) is 2.82. The lowest BCUT2D eigenvalue weighted by Gasteiger charge is -2.14. The van der Waals surface area contributed by atoms with Gasteiger partial charge in [0.2, 0.25) is 0 Å². The molecule has 21 heavy (non-hydrogen) atoms. The van der Waals surface area contributed by atoms with E-state index in [0.29, 0.717) is 5.82 Å². The van der Waals surface area contributed by atoms with Crippen LogP contribution in [0.4, 0.5) is 18.9 Å². The number of hydrogen-bond acceptors (Lipinski definition) is 4. The van der Waals surface area contributed by atoms with Crippen molar-refractivity contribution in [1.29, 1.82) is 0 Å². The van der Waals surface area contributed by atoms with E-state index in [4.69, 9.17) is 5.73 Å². The first-order valence-electron chi connectivity index (χ1n) is 5.92. The molecule has 1 atom stereocenters. The van der Waals surface area contributed by atoms with Gasteiger partial charge in [-0.3, -0.25) is 9.89 Å². The number of nitrogens with two attached hydrogens (primary N) is 1. The van der Waals surface area contributed by atoms with Crippen molar-refractivity contribution < 1.29 is 18.0 Å². The summed E-state index contributed by atoms with van der Waals surface area (Å²) in [4.78, 5) is 15.9. The van der Waals surface area contributed by atoms with Crippen LogP contribution in [0.25, 0.3) is 0 Å². The maximum atomic E-state index is 12.7. The second-order valence-electron chi connectivity index (χ2n) is 4.37. The summed E-state index contributed by atoms with van der Waals surface area (Å²) in [6.07, 6.45) is -3.28. The van der Waals surface area contributed by atoms with Crippen molar-refractivity contribution >= 4 is 11.6 Å². The molecule has 0 aliphatic heterocycles. The van der Waals surface area contributed by atoms with Crippen molar-refractivity contribution in [2.45, 2.75) is 19.1 Å². The summed E-state index contributed by atoms with van der Waals surface area (Å²) in [5.41, 5.74) is 4.35. The van der Waals surface area contributed by atoms with E-state index in [1.807, 2.05) is 0 Å². The lowest BCUT2D eigenvalue weighted by atomic mass is 10.1. The zero-order chi connectivity index (χ0) is 15.6. The minimum Gasteiger partial charge on any atom is -0.398 e. The minimum absolute atomic E-state index is 0.0368. The Bertz CT molecular complexity index is 639. The number of amides is 1. The van der Waals surface area contributed by atoms with Crippen LogP contribution in [-0.2, 0) is 6.18 Å². The second-order valence-corrected chi connectivity index (χ2v) is 4.37. The van der Waals surface area contributed by atoms with Crippen LogP contribution in [0.3, 0.4) is 0 Å². The molecule has 2 rings (SSSR count). The van der Waals surface area contributed by atoms with Gasteiger partial charge in [0.05, 0.1) is 17.2 Å². The molecule has 0 aliphatic carbocycles. The summed E-state index contributed by atoms with van der Waals surface area (Å²) in [5, 5.41) is 8.68. The van der Waals surface area contributed by atoms with Gasteiger partial charge in [-0.2, -0.15) is 18.3 Å². The number of H-pyrrole nitrogens is 1. The quantitative estimate of drug-likeness (QED) is 0.754. The average molecular weight is 299 g/mol. The smallest absolute Gasteiger partial charge is 0.398 e. The van der Waals surface area contributed by atoms with Gasteiger partial charge < -0.3 is 11.1 Å². The van der Waals surface area contributed by atoms with Gasteiger partial charge in [0.15, 0.2) is 0 Å². The van der Waals surface area contributed by atoms with Gasteiger partial charge in [-0.1, -0.05) is 0 Å². The van der Waals surface area contributed by atoms with Gasteiger partial charge in [0.1, 0.15) is 12.2 Å². The first-order valence-corrected chi connectivity index (χ1v) is 5.92. The number of rotatable bonds is 3. The molecule has 1 unspecified atom stereocenters. The standard InChI is InChI=1S/C12H12F3N5O/c1-6(10-17-5-18-20-10)19-11(21)8-4-7(12(13,14)15)2-3-9(8)16/h2-6H,16H2,1H3,(H,19,21)(H,17,18,20). The number of aromatic amines is 1. The number of nitrogen functional groups attached to an aromatic ring is 1. The normalized spacial score (nSPS) is 13.0. The van der Waals surface area contributed by atoms with Gasteiger partial charge >= 0.3 is 6.18 Å². The first kappa shape index (κ1) is 14.8. The maximum Gasteiger partial charge on any atom is 0.416 e. The molecular formula is C12H12F3N5O. The van der Waals surface area contributed by atoms with Crippen molar-refractivity contribution in [3.05, 3.63) is 41.5 Å². The molecule has 0 bridgehead atoms. The summed E-state index contributed by atoms with van der Waals surface area (Å²) in [6, 6.07) is 2.05. The van der Waals surface area contributed by atoms with E-state index >= 15 is 0 Å². The summed E-state index contributed by atoms with van der Waals surface area (Å²) in [7, 11) is 0. The zero-order valence-corrected chi connectivity index (χ0v) is 10.9. The molecule has 0 fully saturated rings. The molecule has 0 spiro atoms. The Morgan fingerprint density at radius 1 is 1.43 bits per heavy atom. The summed E-state index contributed by atoms with van der Waals surface area (Å²) < 4.78 is 38.0. The lowest BCUT2D eigenvalue weighted by molar-refractivity contribution is -0.137. The molecule has 0 radical (unpaired) electrons.